The van der Waals surface area contributed by atoms with Crippen molar-refractivity contribution in [1.82, 2.24) is 24.8 Å². The van der Waals surface area contributed by atoms with E-state index in [-0.39, 0.29) is 0 Å². The minimum Gasteiger partial charge on any atom is -0.352 e. The van der Waals surface area contributed by atoms with Gasteiger partial charge in [-0.3, -0.25) is 4.90 Å². The summed E-state index contributed by atoms with van der Waals surface area (Å²) in [6, 6.07) is 0.818. The van der Waals surface area contributed by atoms with Gasteiger partial charge in [-0.05, 0) is 12.8 Å². The van der Waals surface area contributed by atoms with Crippen molar-refractivity contribution >= 4 is 17.0 Å². The van der Waals surface area contributed by atoms with Gasteiger partial charge in [-0.1, -0.05) is 19.3 Å². The summed E-state index contributed by atoms with van der Waals surface area (Å²) < 4.78 is 0. The SMILES string of the molecule is c1nc(N2CCN(C3CCCCC3)CC2)c2[nH]cnc2n1. The van der Waals surface area contributed by atoms with Gasteiger partial charge in [0, 0.05) is 32.2 Å². The van der Waals surface area contributed by atoms with E-state index in [1.807, 2.05) is 0 Å². The standard InChI is InChI=1S/C15H22N6/c1-2-4-12(5-3-1)20-6-8-21(9-7-20)15-13-14(17-10-16-13)18-11-19-15/h10-12H,1-9H2,(H,16,17,18,19). The molecule has 1 saturated heterocycles. The van der Waals surface area contributed by atoms with Gasteiger partial charge in [-0.25, -0.2) is 15.0 Å². The van der Waals surface area contributed by atoms with E-state index in [1.165, 1.54) is 32.1 Å². The number of nitrogens with zero attached hydrogens (tertiary/aromatic N) is 5. The highest BCUT2D eigenvalue weighted by atomic mass is 15.3. The number of aromatic nitrogens is 4. The quantitative estimate of drug-likeness (QED) is 0.912. The molecule has 0 spiro atoms. The molecule has 6 heteroatoms. The molecular formula is C15H22N6. The minimum atomic E-state index is 0.759. The fourth-order valence-electron chi connectivity index (χ4n) is 3.74. The average Bonchev–Trinajstić information content (AvgIpc) is 3.04. The van der Waals surface area contributed by atoms with Crippen molar-refractivity contribution in [2.75, 3.05) is 31.1 Å². The molecule has 0 amide bonds. The number of aromatic amines is 1. The predicted octanol–water partition coefficient (Wildman–Crippen LogP) is 1.81. The molecule has 2 fully saturated rings. The maximum Gasteiger partial charge on any atom is 0.182 e. The van der Waals surface area contributed by atoms with Crippen molar-refractivity contribution in [2.45, 2.75) is 38.1 Å². The van der Waals surface area contributed by atoms with Crippen molar-refractivity contribution in [3.63, 3.8) is 0 Å². The van der Waals surface area contributed by atoms with Gasteiger partial charge in [-0.2, -0.15) is 0 Å². The Kier molecular flexibility index (Phi) is 3.47. The van der Waals surface area contributed by atoms with E-state index >= 15 is 0 Å². The van der Waals surface area contributed by atoms with Crippen LogP contribution in [0.25, 0.3) is 11.2 Å². The number of anilines is 1. The van der Waals surface area contributed by atoms with Crippen LogP contribution in [0.1, 0.15) is 32.1 Å². The molecule has 0 aromatic carbocycles. The molecule has 1 aliphatic carbocycles. The third-order valence-corrected chi connectivity index (χ3v) is 4.91. The van der Waals surface area contributed by atoms with E-state index in [9.17, 15) is 0 Å². The summed E-state index contributed by atoms with van der Waals surface area (Å²) in [6.45, 7) is 4.37. The van der Waals surface area contributed by atoms with Crippen LogP contribution in [0.3, 0.4) is 0 Å². The largest absolute Gasteiger partial charge is 0.352 e. The summed E-state index contributed by atoms with van der Waals surface area (Å²) in [4.78, 5) is 21.1. The van der Waals surface area contributed by atoms with Crippen LogP contribution in [0.2, 0.25) is 0 Å². The molecule has 2 aromatic heterocycles. The van der Waals surface area contributed by atoms with Crippen LogP contribution in [0.4, 0.5) is 5.82 Å². The highest BCUT2D eigenvalue weighted by molar-refractivity contribution is 5.82. The number of hydrogen-bond acceptors (Lipinski definition) is 5. The number of fused-ring (bicyclic) bond motifs is 1. The Morgan fingerprint density at radius 1 is 0.952 bits per heavy atom. The Labute approximate surface area is 124 Å². The maximum absolute atomic E-state index is 4.47. The molecule has 4 rings (SSSR count). The van der Waals surface area contributed by atoms with Gasteiger partial charge in [0.25, 0.3) is 0 Å². The van der Waals surface area contributed by atoms with Crippen molar-refractivity contribution in [3.05, 3.63) is 12.7 Å². The first-order valence-corrected chi connectivity index (χ1v) is 8.05. The van der Waals surface area contributed by atoms with Crippen molar-refractivity contribution in [1.29, 1.82) is 0 Å². The number of rotatable bonds is 2. The van der Waals surface area contributed by atoms with E-state index in [0.717, 1.165) is 49.2 Å². The zero-order valence-corrected chi connectivity index (χ0v) is 12.3. The third-order valence-electron chi connectivity index (χ3n) is 4.91. The van der Waals surface area contributed by atoms with E-state index in [2.05, 4.69) is 29.7 Å². The molecule has 1 saturated carbocycles. The van der Waals surface area contributed by atoms with Crippen molar-refractivity contribution in [2.24, 2.45) is 0 Å². The van der Waals surface area contributed by atoms with Crippen LogP contribution in [0.5, 0.6) is 0 Å². The van der Waals surface area contributed by atoms with Crippen LogP contribution in [0, 0.1) is 0 Å². The van der Waals surface area contributed by atoms with E-state index in [0.29, 0.717) is 0 Å². The van der Waals surface area contributed by atoms with Gasteiger partial charge in [0.05, 0.1) is 6.33 Å². The van der Waals surface area contributed by atoms with E-state index in [1.54, 1.807) is 12.7 Å². The molecule has 21 heavy (non-hydrogen) atoms. The van der Waals surface area contributed by atoms with Crippen LogP contribution in [-0.2, 0) is 0 Å². The van der Waals surface area contributed by atoms with Gasteiger partial charge in [0.2, 0.25) is 0 Å². The Hall–Kier alpha value is -1.69. The Bertz CT molecular complexity index is 595. The highest BCUT2D eigenvalue weighted by Gasteiger charge is 2.26. The zero-order chi connectivity index (χ0) is 14.1. The topological polar surface area (TPSA) is 60.9 Å². The average molecular weight is 286 g/mol. The molecular weight excluding hydrogens is 264 g/mol. The number of imidazole rings is 1. The molecule has 0 bridgehead atoms. The molecule has 6 nitrogen and oxygen atoms in total. The molecule has 112 valence electrons. The van der Waals surface area contributed by atoms with E-state index < -0.39 is 0 Å². The molecule has 2 aromatic rings. The van der Waals surface area contributed by atoms with Crippen molar-refractivity contribution < 1.29 is 0 Å². The third kappa shape index (κ3) is 2.48. The van der Waals surface area contributed by atoms with Gasteiger partial charge < -0.3 is 9.88 Å². The number of H-pyrrole nitrogens is 1. The molecule has 3 heterocycles. The van der Waals surface area contributed by atoms with Gasteiger partial charge in [0.1, 0.15) is 11.8 Å². The highest BCUT2D eigenvalue weighted by Crippen LogP contribution is 2.25. The molecule has 0 unspecified atom stereocenters. The summed E-state index contributed by atoms with van der Waals surface area (Å²) in [6.07, 6.45) is 10.3. The molecule has 1 aliphatic heterocycles. The Balaban J connectivity index is 1.46. The summed E-state index contributed by atoms with van der Waals surface area (Å²) in [5, 5.41) is 0. The second-order valence-electron chi connectivity index (χ2n) is 6.11. The van der Waals surface area contributed by atoms with Gasteiger partial charge in [0.15, 0.2) is 11.5 Å². The smallest absolute Gasteiger partial charge is 0.182 e. The van der Waals surface area contributed by atoms with Gasteiger partial charge in [-0.15, -0.1) is 0 Å². The molecule has 0 radical (unpaired) electrons. The summed E-state index contributed by atoms with van der Waals surface area (Å²) in [5.74, 6) is 1.00. The number of piperazine rings is 1. The lowest BCUT2D eigenvalue weighted by Gasteiger charge is -2.41. The second-order valence-corrected chi connectivity index (χ2v) is 6.11. The predicted molar refractivity (Wildman–Crippen MR) is 82.3 cm³/mol. The lowest BCUT2D eigenvalue weighted by molar-refractivity contribution is 0.148. The van der Waals surface area contributed by atoms with Gasteiger partial charge >= 0.3 is 0 Å². The van der Waals surface area contributed by atoms with Crippen LogP contribution in [0.15, 0.2) is 12.7 Å². The molecule has 0 atom stereocenters. The lowest BCUT2D eigenvalue weighted by atomic mass is 9.94. The first-order chi connectivity index (χ1) is 10.4. The number of hydrogen-bond donors (Lipinski definition) is 1. The summed E-state index contributed by atoms with van der Waals surface area (Å²) in [7, 11) is 0. The fraction of sp³-hybridized carbons (Fsp3) is 0.667. The maximum atomic E-state index is 4.47. The monoisotopic (exact) mass is 286 g/mol. The first kappa shape index (κ1) is 13.0. The number of nitrogens with one attached hydrogen (secondary N) is 1. The summed E-state index contributed by atoms with van der Waals surface area (Å²) in [5.41, 5.74) is 1.72. The zero-order valence-electron chi connectivity index (χ0n) is 12.3. The lowest BCUT2D eigenvalue weighted by Crippen LogP contribution is -2.51. The minimum absolute atomic E-state index is 0.759. The fourth-order valence-corrected chi connectivity index (χ4v) is 3.74. The Morgan fingerprint density at radius 2 is 1.76 bits per heavy atom. The molecule has 2 aliphatic rings. The van der Waals surface area contributed by atoms with Crippen LogP contribution >= 0.6 is 0 Å². The first-order valence-electron chi connectivity index (χ1n) is 8.05. The normalized spacial score (nSPS) is 22.0. The Morgan fingerprint density at radius 3 is 2.57 bits per heavy atom. The summed E-state index contributed by atoms with van der Waals surface area (Å²) >= 11 is 0. The molecule has 1 N–H and O–H groups in total. The van der Waals surface area contributed by atoms with Crippen molar-refractivity contribution in [3.8, 4) is 0 Å². The second kappa shape index (κ2) is 5.60. The van der Waals surface area contributed by atoms with Crippen LogP contribution < -0.4 is 4.90 Å². The van der Waals surface area contributed by atoms with E-state index in [4.69, 9.17) is 0 Å². The van der Waals surface area contributed by atoms with Crippen LogP contribution in [-0.4, -0.2) is 57.1 Å².